The van der Waals surface area contributed by atoms with Crippen LogP contribution in [0.1, 0.15) is 24.8 Å². The Balaban J connectivity index is 1.79. The van der Waals surface area contributed by atoms with Gasteiger partial charge in [-0.15, -0.1) is 11.6 Å². The number of anilines is 1. The maximum atomic E-state index is 6.30. The van der Waals surface area contributed by atoms with Crippen LogP contribution in [0.5, 0.6) is 0 Å². The number of aromatic nitrogens is 3. The molecule has 1 saturated carbocycles. The van der Waals surface area contributed by atoms with Crippen molar-refractivity contribution in [3.63, 3.8) is 0 Å². The van der Waals surface area contributed by atoms with E-state index in [2.05, 4.69) is 28.4 Å². The van der Waals surface area contributed by atoms with Crippen molar-refractivity contribution in [3.8, 4) is 0 Å². The predicted molar refractivity (Wildman–Crippen MR) is 73.2 cm³/mol. The smallest absolute Gasteiger partial charge is 0.157 e. The third kappa shape index (κ3) is 2.17. The van der Waals surface area contributed by atoms with Crippen LogP contribution < -0.4 is 5.32 Å². The van der Waals surface area contributed by atoms with Crippen LogP contribution >= 0.6 is 11.6 Å². The van der Waals surface area contributed by atoms with Gasteiger partial charge in [0.1, 0.15) is 12.1 Å². The molecule has 0 amide bonds. The van der Waals surface area contributed by atoms with Crippen molar-refractivity contribution in [1.29, 1.82) is 0 Å². The molecule has 1 aliphatic carbocycles. The number of fused-ring (bicyclic) bond motifs is 1. The Labute approximate surface area is 111 Å². The average molecular weight is 265 g/mol. The zero-order valence-corrected chi connectivity index (χ0v) is 11.2. The first kappa shape index (κ1) is 11.8. The lowest BCUT2D eigenvalue weighted by Crippen LogP contribution is -2.19. The molecule has 2 aromatic rings. The van der Waals surface area contributed by atoms with Crippen LogP contribution in [0, 0.1) is 12.8 Å². The van der Waals surface area contributed by atoms with Crippen molar-refractivity contribution >= 4 is 23.1 Å². The fraction of sp³-hybridized carbons (Fsp3) is 0.538. The van der Waals surface area contributed by atoms with Gasteiger partial charge >= 0.3 is 0 Å². The summed E-state index contributed by atoms with van der Waals surface area (Å²) >= 11 is 6.30. The number of alkyl halides is 1. The number of pyridine rings is 1. The minimum atomic E-state index is 0.313. The lowest BCUT2D eigenvalue weighted by Gasteiger charge is -2.16. The number of halogens is 1. The van der Waals surface area contributed by atoms with Crippen LogP contribution in [0.2, 0.25) is 0 Å². The molecular formula is C13H17ClN4. The molecular weight excluding hydrogens is 248 g/mol. The quantitative estimate of drug-likeness (QED) is 0.867. The van der Waals surface area contributed by atoms with E-state index in [0.717, 1.165) is 24.4 Å². The van der Waals surface area contributed by atoms with Crippen molar-refractivity contribution in [3.05, 3.63) is 24.0 Å². The highest BCUT2D eigenvalue weighted by molar-refractivity contribution is 6.20. The van der Waals surface area contributed by atoms with E-state index in [9.17, 15) is 0 Å². The molecule has 2 heterocycles. The molecule has 0 aromatic carbocycles. The Hall–Kier alpha value is -1.29. The molecule has 2 unspecified atom stereocenters. The van der Waals surface area contributed by atoms with Gasteiger partial charge in [-0.1, -0.05) is 6.42 Å². The Morgan fingerprint density at radius 1 is 1.44 bits per heavy atom. The summed E-state index contributed by atoms with van der Waals surface area (Å²) in [6, 6.07) is 4.12. The highest BCUT2D eigenvalue weighted by atomic mass is 35.5. The molecule has 0 bridgehead atoms. The molecule has 96 valence electrons. The Kier molecular flexibility index (Phi) is 3.12. The molecule has 0 radical (unpaired) electrons. The summed E-state index contributed by atoms with van der Waals surface area (Å²) in [7, 11) is 0. The summed E-state index contributed by atoms with van der Waals surface area (Å²) in [5, 5.41) is 8.01. The lowest BCUT2D eigenvalue weighted by atomic mass is 10.1. The molecule has 0 aliphatic heterocycles. The topological polar surface area (TPSA) is 42.2 Å². The first-order chi connectivity index (χ1) is 8.74. The van der Waals surface area contributed by atoms with Gasteiger partial charge in [0.05, 0.1) is 0 Å². The number of hydrogen-bond donors (Lipinski definition) is 1. The van der Waals surface area contributed by atoms with E-state index >= 15 is 0 Å². The van der Waals surface area contributed by atoms with Gasteiger partial charge in [0.15, 0.2) is 5.65 Å². The molecule has 0 spiro atoms. The van der Waals surface area contributed by atoms with E-state index in [-0.39, 0.29) is 0 Å². The number of aryl methyl sites for hydroxylation is 1. The molecule has 1 N–H and O–H groups in total. The van der Waals surface area contributed by atoms with Crippen molar-refractivity contribution in [2.45, 2.75) is 31.6 Å². The standard InChI is InChI=1S/C13H17ClN4/c1-9-5-12(18-13(6-9)16-8-17-18)15-7-10-3-2-4-11(10)14/h5-6,8,10-11,15H,2-4,7H2,1H3. The zero-order chi connectivity index (χ0) is 12.5. The van der Waals surface area contributed by atoms with E-state index in [1.807, 2.05) is 10.6 Å². The second-order valence-corrected chi connectivity index (χ2v) is 5.60. The second kappa shape index (κ2) is 4.76. The Morgan fingerprint density at radius 2 is 2.33 bits per heavy atom. The molecule has 2 atom stereocenters. The third-order valence-electron chi connectivity index (χ3n) is 3.64. The summed E-state index contributed by atoms with van der Waals surface area (Å²) in [4.78, 5) is 4.22. The van der Waals surface area contributed by atoms with Gasteiger partial charge in [0, 0.05) is 11.9 Å². The van der Waals surface area contributed by atoms with E-state index in [1.54, 1.807) is 6.33 Å². The van der Waals surface area contributed by atoms with E-state index in [0.29, 0.717) is 11.3 Å². The highest BCUT2D eigenvalue weighted by Crippen LogP contribution is 2.30. The number of nitrogens with zero attached hydrogens (tertiary/aromatic N) is 3. The Bertz CT molecular complexity index is 551. The van der Waals surface area contributed by atoms with Gasteiger partial charge in [-0.05, 0) is 43.4 Å². The van der Waals surface area contributed by atoms with Gasteiger partial charge in [0.2, 0.25) is 0 Å². The third-order valence-corrected chi connectivity index (χ3v) is 4.21. The minimum absolute atomic E-state index is 0.313. The fourth-order valence-electron chi connectivity index (χ4n) is 2.64. The van der Waals surface area contributed by atoms with Crippen LogP contribution in [0.4, 0.5) is 5.82 Å². The first-order valence-electron chi connectivity index (χ1n) is 6.42. The maximum absolute atomic E-state index is 6.30. The van der Waals surface area contributed by atoms with Crippen molar-refractivity contribution < 1.29 is 0 Å². The van der Waals surface area contributed by atoms with Gasteiger partial charge in [-0.25, -0.2) is 4.98 Å². The normalized spacial score (nSPS) is 23.7. The molecule has 5 heteroatoms. The molecule has 4 nitrogen and oxygen atoms in total. The average Bonchev–Trinajstić information content (AvgIpc) is 2.94. The maximum Gasteiger partial charge on any atom is 0.157 e. The molecule has 1 fully saturated rings. The van der Waals surface area contributed by atoms with Crippen molar-refractivity contribution in [2.24, 2.45) is 5.92 Å². The summed E-state index contributed by atoms with van der Waals surface area (Å²) in [6.07, 6.45) is 5.18. The zero-order valence-electron chi connectivity index (χ0n) is 10.4. The summed E-state index contributed by atoms with van der Waals surface area (Å²) < 4.78 is 1.84. The van der Waals surface area contributed by atoms with Crippen LogP contribution in [0.3, 0.4) is 0 Å². The number of hydrogen-bond acceptors (Lipinski definition) is 3. The van der Waals surface area contributed by atoms with Crippen molar-refractivity contribution in [1.82, 2.24) is 14.6 Å². The molecule has 2 aromatic heterocycles. The van der Waals surface area contributed by atoms with E-state index in [1.165, 1.54) is 18.4 Å². The molecule has 1 aliphatic rings. The summed E-state index contributed by atoms with van der Waals surface area (Å²) in [5.41, 5.74) is 2.07. The van der Waals surface area contributed by atoms with E-state index in [4.69, 9.17) is 11.6 Å². The molecule has 18 heavy (non-hydrogen) atoms. The summed E-state index contributed by atoms with van der Waals surface area (Å²) in [6.45, 7) is 2.98. The molecule has 0 saturated heterocycles. The molecule has 3 rings (SSSR count). The SMILES string of the molecule is Cc1cc(NCC2CCCC2Cl)n2ncnc2c1. The predicted octanol–water partition coefficient (Wildman–Crippen LogP) is 2.86. The number of nitrogens with one attached hydrogen (secondary N) is 1. The highest BCUT2D eigenvalue weighted by Gasteiger charge is 2.25. The summed E-state index contributed by atoms with van der Waals surface area (Å²) in [5.74, 6) is 1.56. The van der Waals surface area contributed by atoms with E-state index < -0.39 is 0 Å². The second-order valence-electron chi connectivity index (χ2n) is 5.04. The lowest BCUT2D eigenvalue weighted by molar-refractivity contribution is 0.584. The first-order valence-corrected chi connectivity index (χ1v) is 6.86. The monoisotopic (exact) mass is 264 g/mol. The van der Waals surface area contributed by atoms with Crippen LogP contribution in [0.15, 0.2) is 18.5 Å². The fourth-order valence-corrected chi connectivity index (χ4v) is 3.01. The van der Waals surface area contributed by atoms with Crippen LogP contribution in [0.25, 0.3) is 5.65 Å². The van der Waals surface area contributed by atoms with Gasteiger partial charge in [-0.2, -0.15) is 9.61 Å². The van der Waals surface area contributed by atoms with Crippen LogP contribution in [-0.4, -0.2) is 26.5 Å². The minimum Gasteiger partial charge on any atom is -0.370 e. The largest absolute Gasteiger partial charge is 0.370 e. The van der Waals surface area contributed by atoms with Crippen molar-refractivity contribution in [2.75, 3.05) is 11.9 Å². The Morgan fingerprint density at radius 3 is 3.11 bits per heavy atom. The van der Waals surface area contributed by atoms with Crippen LogP contribution in [-0.2, 0) is 0 Å². The van der Waals surface area contributed by atoms with Gasteiger partial charge in [-0.3, -0.25) is 0 Å². The van der Waals surface area contributed by atoms with Gasteiger partial charge in [0.25, 0.3) is 0 Å². The number of rotatable bonds is 3. The van der Waals surface area contributed by atoms with Gasteiger partial charge < -0.3 is 5.32 Å².